The van der Waals surface area contributed by atoms with Gasteiger partial charge in [-0.05, 0) is 25.3 Å². The van der Waals surface area contributed by atoms with E-state index in [0.29, 0.717) is 13.0 Å². The molecule has 0 bridgehead atoms. The number of nitrogens with one attached hydrogen (secondary N) is 1. The Morgan fingerprint density at radius 2 is 2.29 bits per heavy atom. The standard InChI is InChI=1S/C17H19N5OS/c1-3-21-10-15(11(2)20-21)13-7-16(23)19-17-14(13)8-18-22(17)9-12-5-4-6-24-12/h4-6,8,10,13H,3,7,9H2,1-2H3,(H,19,23)/t13-/m1/s1. The maximum atomic E-state index is 12.3. The Morgan fingerprint density at radius 1 is 1.42 bits per heavy atom. The number of carbonyl (C=O) groups excluding carboxylic acids is 1. The molecule has 0 fully saturated rings. The molecule has 3 aromatic heterocycles. The summed E-state index contributed by atoms with van der Waals surface area (Å²) in [6.45, 7) is 5.56. The quantitative estimate of drug-likeness (QED) is 0.793. The van der Waals surface area contributed by atoms with Crippen molar-refractivity contribution in [1.82, 2.24) is 19.6 Å². The Balaban J connectivity index is 1.73. The summed E-state index contributed by atoms with van der Waals surface area (Å²) in [5, 5.41) is 14.1. The fourth-order valence-corrected chi connectivity index (χ4v) is 3.94. The topological polar surface area (TPSA) is 64.7 Å². The van der Waals surface area contributed by atoms with Gasteiger partial charge >= 0.3 is 0 Å². The van der Waals surface area contributed by atoms with E-state index in [1.54, 1.807) is 11.3 Å². The first-order valence-electron chi connectivity index (χ1n) is 8.07. The van der Waals surface area contributed by atoms with Gasteiger partial charge in [0.25, 0.3) is 0 Å². The highest BCUT2D eigenvalue weighted by Crippen LogP contribution is 2.38. The van der Waals surface area contributed by atoms with Crippen LogP contribution in [0.1, 0.15) is 41.0 Å². The Hall–Kier alpha value is -2.41. The number of thiophene rings is 1. The van der Waals surface area contributed by atoms with Crippen LogP contribution in [0.5, 0.6) is 0 Å². The van der Waals surface area contributed by atoms with Crippen molar-refractivity contribution in [3.63, 3.8) is 0 Å². The molecule has 3 aromatic rings. The highest BCUT2D eigenvalue weighted by Gasteiger charge is 2.31. The lowest BCUT2D eigenvalue weighted by Gasteiger charge is -2.23. The third-order valence-electron chi connectivity index (χ3n) is 4.46. The molecule has 0 saturated carbocycles. The molecule has 0 aliphatic carbocycles. The number of carbonyl (C=O) groups is 1. The molecular formula is C17H19N5OS. The van der Waals surface area contributed by atoms with Crippen molar-refractivity contribution in [3.05, 3.63) is 51.6 Å². The summed E-state index contributed by atoms with van der Waals surface area (Å²) in [4.78, 5) is 13.5. The van der Waals surface area contributed by atoms with E-state index in [9.17, 15) is 4.79 Å². The molecule has 0 radical (unpaired) electrons. The minimum Gasteiger partial charge on any atom is -0.311 e. The summed E-state index contributed by atoms with van der Waals surface area (Å²) in [5.41, 5.74) is 3.17. The molecule has 0 aromatic carbocycles. The summed E-state index contributed by atoms with van der Waals surface area (Å²) in [5.74, 6) is 0.864. The second-order valence-electron chi connectivity index (χ2n) is 6.02. The largest absolute Gasteiger partial charge is 0.311 e. The molecule has 124 valence electrons. The Kier molecular flexibility index (Phi) is 3.72. The second kappa shape index (κ2) is 5.90. The Labute approximate surface area is 144 Å². The molecule has 6 nitrogen and oxygen atoms in total. The van der Waals surface area contributed by atoms with Crippen LogP contribution in [0.2, 0.25) is 0 Å². The summed E-state index contributed by atoms with van der Waals surface area (Å²) in [6.07, 6.45) is 4.38. The molecule has 7 heteroatoms. The number of amides is 1. The number of hydrogen-bond donors (Lipinski definition) is 1. The number of aromatic nitrogens is 4. The summed E-state index contributed by atoms with van der Waals surface area (Å²) in [7, 11) is 0. The molecule has 1 amide bonds. The van der Waals surface area contributed by atoms with Crippen LogP contribution in [0.15, 0.2) is 29.9 Å². The molecular weight excluding hydrogens is 322 g/mol. The molecule has 0 spiro atoms. The fourth-order valence-electron chi connectivity index (χ4n) is 3.25. The number of hydrogen-bond acceptors (Lipinski definition) is 4. The number of fused-ring (bicyclic) bond motifs is 1. The molecule has 24 heavy (non-hydrogen) atoms. The number of nitrogens with zero attached hydrogens (tertiary/aromatic N) is 4. The number of anilines is 1. The van der Waals surface area contributed by atoms with Crippen molar-refractivity contribution in [2.24, 2.45) is 0 Å². The van der Waals surface area contributed by atoms with E-state index in [4.69, 9.17) is 0 Å². The van der Waals surface area contributed by atoms with Crippen molar-refractivity contribution >= 4 is 23.1 Å². The molecule has 4 heterocycles. The van der Waals surface area contributed by atoms with Crippen molar-refractivity contribution in [3.8, 4) is 0 Å². The third kappa shape index (κ3) is 2.54. The van der Waals surface area contributed by atoms with E-state index in [1.807, 2.05) is 28.6 Å². The first-order valence-corrected chi connectivity index (χ1v) is 8.95. The third-order valence-corrected chi connectivity index (χ3v) is 5.32. The maximum Gasteiger partial charge on any atom is 0.226 e. The zero-order valence-corrected chi connectivity index (χ0v) is 14.5. The zero-order chi connectivity index (χ0) is 16.7. The summed E-state index contributed by atoms with van der Waals surface area (Å²) >= 11 is 1.69. The Bertz CT molecular complexity index is 877. The molecule has 1 aliphatic rings. The zero-order valence-electron chi connectivity index (χ0n) is 13.7. The smallest absolute Gasteiger partial charge is 0.226 e. The van der Waals surface area contributed by atoms with Crippen LogP contribution >= 0.6 is 11.3 Å². The molecule has 1 N–H and O–H groups in total. The van der Waals surface area contributed by atoms with Gasteiger partial charge in [-0.15, -0.1) is 11.3 Å². The molecule has 4 rings (SSSR count). The van der Waals surface area contributed by atoms with E-state index in [1.165, 1.54) is 4.88 Å². The first kappa shape index (κ1) is 15.1. The predicted octanol–water partition coefficient (Wildman–Crippen LogP) is 2.99. The lowest BCUT2D eigenvalue weighted by Crippen LogP contribution is -2.25. The lowest BCUT2D eigenvalue weighted by atomic mass is 9.88. The highest BCUT2D eigenvalue weighted by molar-refractivity contribution is 7.09. The van der Waals surface area contributed by atoms with Gasteiger partial charge in [-0.3, -0.25) is 9.48 Å². The normalized spacial score (nSPS) is 16.9. The van der Waals surface area contributed by atoms with Gasteiger partial charge in [0.15, 0.2) is 0 Å². The second-order valence-corrected chi connectivity index (χ2v) is 7.05. The van der Waals surface area contributed by atoms with E-state index < -0.39 is 0 Å². The van der Waals surface area contributed by atoms with Crippen LogP contribution in [-0.2, 0) is 17.9 Å². The van der Waals surface area contributed by atoms with Gasteiger partial charge in [-0.1, -0.05) is 6.07 Å². The predicted molar refractivity (Wildman–Crippen MR) is 93.4 cm³/mol. The van der Waals surface area contributed by atoms with E-state index >= 15 is 0 Å². The van der Waals surface area contributed by atoms with Crippen LogP contribution < -0.4 is 5.32 Å². The van der Waals surface area contributed by atoms with Crippen molar-refractivity contribution in [2.75, 3.05) is 5.32 Å². The first-order chi connectivity index (χ1) is 11.7. The van der Waals surface area contributed by atoms with Crippen LogP contribution in [-0.4, -0.2) is 25.5 Å². The lowest BCUT2D eigenvalue weighted by molar-refractivity contribution is -0.116. The van der Waals surface area contributed by atoms with Crippen LogP contribution in [0, 0.1) is 6.92 Å². The van der Waals surface area contributed by atoms with Gasteiger partial charge in [0.2, 0.25) is 5.91 Å². The van der Waals surface area contributed by atoms with Gasteiger partial charge in [0, 0.05) is 41.1 Å². The van der Waals surface area contributed by atoms with Crippen LogP contribution in [0.25, 0.3) is 0 Å². The minimum atomic E-state index is 0.0196. The van der Waals surface area contributed by atoms with Crippen LogP contribution in [0.4, 0.5) is 5.82 Å². The van der Waals surface area contributed by atoms with Gasteiger partial charge in [-0.25, -0.2) is 4.68 Å². The van der Waals surface area contributed by atoms with Gasteiger partial charge < -0.3 is 5.32 Å². The average molecular weight is 341 g/mol. The molecule has 1 atom stereocenters. The van der Waals surface area contributed by atoms with E-state index in [-0.39, 0.29) is 11.8 Å². The summed E-state index contributed by atoms with van der Waals surface area (Å²) in [6, 6.07) is 4.11. The maximum absolute atomic E-state index is 12.3. The van der Waals surface area contributed by atoms with Gasteiger partial charge in [0.05, 0.1) is 18.4 Å². The SMILES string of the molecule is CCn1cc([C@@H]2CC(=O)Nc3c2cnn3Cc2cccs2)c(C)n1. The minimum absolute atomic E-state index is 0.0196. The van der Waals surface area contributed by atoms with E-state index in [2.05, 4.69) is 40.1 Å². The van der Waals surface area contributed by atoms with Crippen molar-refractivity contribution in [2.45, 2.75) is 39.3 Å². The number of rotatable bonds is 4. The van der Waals surface area contributed by atoms with Gasteiger partial charge in [0.1, 0.15) is 5.82 Å². The monoisotopic (exact) mass is 341 g/mol. The molecule has 1 aliphatic heterocycles. The van der Waals surface area contributed by atoms with Crippen LogP contribution in [0.3, 0.4) is 0 Å². The number of aryl methyl sites for hydroxylation is 2. The fraction of sp³-hybridized carbons (Fsp3) is 0.353. The molecule has 0 saturated heterocycles. The van der Waals surface area contributed by atoms with Crippen molar-refractivity contribution < 1.29 is 4.79 Å². The van der Waals surface area contributed by atoms with Crippen molar-refractivity contribution in [1.29, 1.82) is 0 Å². The molecule has 0 unspecified atom stereocenters. The highest BCUT2D eigenvalue weighted by atomic mass is 32.1. The Morgan fingerprint density at radius 3 is 3.00 bits per heavy atom. The summed E-state index contributed by atoms with van der Waals surface area (Å²) < 4.78 is 3.80. The van der Waals surface area contributed by atoms with E-state index in [0.717, 1.165) is 29.2 Å². The average Bonchev–Trinajstić information content (AvgIpc) is 3.28. The van der Waals surface area contributed by atoms with Gasteiger partial charge in [-0.2, -0.15) is 10.2 Å².